The maximum Gasteiger partial charge on any atom is 0.326 e. The van der Waals surface area contributed by atoms with E-state index in [9.17, 15) is 14.4 Å². The maximum atomic E-state index is 11.7. The molecule has 0 aromatic rings. The zero-order valence-electron chi connectivity index (χ0n) is 9.83. The molecule has 0 bridgehead atoms. The van der Waals surface area contributed by atoms with E-state index in [2.05, 4.69) is 5.32 Å². The highest BCUT2D eigenvalue weighted by Gasteiger charge is 2.31. The highest BCUT2D eigenvalue weighted by Crippen LogP contribution is 2.15. The summed E-state index contributed by atoms with van der Waals surface area (Å²) in [5, 5.41) is 19.8. The first-order valence-electron chi connectivity index (χ1n) is 5.64. The van der Waals surface area contributed by atoms with Crippen LogP contribution in [-0.2, 0) is 9.59 Å². The SMILES string of the molecule is NC(=O)C1CCN(C(=O)NC(CCO)C(=O)O)C1. The molecule has 5 N–H and O–H groups in total. The number of carboxylic acids is 1. The summed E-state index contributed by atoms with van der Waals surface area (Å²) in [5.74, 6) is -2.05. The fourth-order valence-electron chi connectivity index (χ4n) is 1.80. The van der Waals surface area contributed by atoms with Gasteiger partial charge in [-0.15, -0.1) is 0 Å². The summed E-state index contributed by atoms with van der Waals surface area (Å²) in [6.45, 7) is 0.235. The largest absolute Gasteiger partial charge is 0.480 e. The molecule has 8 nitrogen and oxygen atoms in total. The molecule has 18 heavy (non-hydrogen) atoms. The molecule has 1 saturated heterocycles. The number of carboxylic acid groups (broad SMARTS) is 1. The van der Waals surface area contributed by atoms with Crippen molar-refractivity contribution in [2.75, 3.05) is 19.7 Å². The van der Waals surface area contributed by atoms with Gasteiger partial charge in [0.25, 0.3) is 0 Å². The number of carbonyl (C=O) groups is 3. The summed E-state index contributed by atoms with van der Waals surface area (Å²) >= 11 is 0. The van der Waals surface area contributed by atoms with Gasteiger partial charge in [-0.25, -0.2) is 9.59 Å². The number of urea groups is 1. The minimum absolute atomic E-state index is 0.0613. The molecule has 102 valence electrons. The van der Waals surface area contributed by atoms with Crippen LogP contribution < -0.4 is 11.1 Å². The predicted molar refractivity (Wildman–Crippen MR) is 60.5 cm³/mol. The zero-order valence-corrected chi connectivity index (χ0v) is 9.83. The lowest BCUT2D eigenvalue weighted by Crippen LogP contribution is -2.47. The standard InChI is InChI=1S/C10H17N3O5/c11-8(15)6-1-3-13(5-6)10(18)12-7(2-4-14)9(16)17/h6-7,14H,1-5H2,(H2,11,15)(H,12,18)(H,16,17). The van der Waals surface area contributed by atoms with E-state index >= 15 is 0 Å². The second-order valence-corrected chi connectivity index (χ2v) is 4.19. The molecule has 0 aromatic carbocycles. The average Bonchev–Trinajstić information content (AvgIpc) is 2.77. The van der Waals surface area contributed by atoms with Crippen LogP contribution in [0.3, 0.4) is 0 Å². The van der Waals surface area contributed by atoms with Gasteiger partial charge in [0.2, 0.25) is 5.91 Å². The summed E-state index contributed by atoms with van der Waals surface area (Å²) in [5.41, 5.74) is 5.13. The Morgan fingerprint density at radius 1 is 1.44 bits per heavy atom. The van der Waals surface area contributed by atoms with Crippen molar-refractivity contribution in [1.82, 2.24) is 10.2 Å². The number of aliphatic carboxylic acids is 1. The number of nitrogens with zero attached hydrogens (tertiary/aromatic N) is 1. The third-order valence-electron chi connectivity index (χ3n) is 2.89. The van der Waals surface area contributed by atoms with Crippen molar-refractivity contribution in [2.24, 2.45) is 11.7 Å². The van der Waals surface area contributed by atoms with Crippen LogP contribution in [-0.4, -0.2) is 58.8 Å². The number of nitrogens with two attached hydrogens (primary N) is 1. The quantitative estimate of drug-likeness (QED) is 0.469. The number of amides is 3. The third kappa shape index (κ3) is 3.59. The minimum Gasteiger partial charge on any atom is -0.480 e. The summed E-state index contributed by atoms with van der Waals surface area (Å²) in [6.07, 6.45) is 0.425. The molecule has 1 fully saturated rings. The summed E-state index contributed by atoms with van der Waals surface area (Å²) in [6, 6.07) is -1.69. The van der Waals surface area contributed by atoms with Gasteiger partial charge in [-0.3, -0.25) is 4.79 Å². The van der Waals surface area contributed by atoms with Crippen LogP contribution in [0.5, 0.6) is 0 Å². The molecule has 1 aliphatic rings. The molecule has 0 radical (unpaired) electrons. The number of hydrogen-bond acceptors (Lipinski definition) is 4. The summed E-state index contributed by atoms with van der Waals surface area (Å²) in [4.78, 5) is 34.8. The van der Waals surface area contributed by atoms with E-state index < -0.39 is 23.9 Å². The van der Waals surface area contributed by atoms with E-state index in [1.165, 1.54) is 4.90 Å². The van der Waals surface area contributed by atoms with Crippen molar-refractivity contribution in [2.45, 2.75) is 18.9 Å². The van der Waals surface area contributed by atoms with E-state index in [0.717, 1.165) is 0 Å². The maximum absolute atomic E-state index is 11.7. The molecule has 2 unspecified atom stereocenters. The van der Waals surface area contributed by atoms with Crippen LogP contribution in [0.25, 0.3) is 0 Å². The molecule has 0 spiro atoms. The molecule has 8 heteroatoms. The number of carbonyl (C=O) groups excluding carboxylic acids is 2. The second-order valence-electron chi connectivity index (χ2n) is 4.19. The first kappa shape index (κ1) is 14.2. The van der Waals surface area contributed by atoms with Crippen molar-refractivity contribution < 1.29 is 24.6 Å². The monoisotopic (exact) mass is 259 g/mol. The van der Waals surface area contributed by atoms with Crippen LogP contribution in [0.4, 0.5) is 4.79 Å². The van der Waals surface area contributed by atoms with Crippen LogP contribution in [0.1, 0.15) is 12.8 Å². The molecular formula is C10H17N3O5. The number of likely N-dealkylation sites (tertiary alicyclic amines) is 1. The number of rotatable bonds is 5. The second kappa shape index (κ2) is 6.20. The van der Waals surface area contributed by atoms with Crippen molar-refractivity contribution >= 4 is 17.9 Å². The van der Waals surface area contributed by atoms with Gasteiger partial charge >= 0.3 is 12.0 Å². The fraction of sp³-hybridized carbons (Fsp3) is 0.700. The van der Waals surface area contributed by atoms with E-state index in [1.807, 2.05) is 0 Å². The van der Waals surface area contributed by atoms with Crippen LogP contribution in [0, 0.1) is 5.92 Å². The lowest BCUT2D eigenvalue weighted by Gasteiger charge is -2.20. The Balaban J connectivity index is 2.50. The Kier molecular flexibility index (Phi) is 4.90. The van der Waals surface area contributed by atoms with Gasteiger partial charge in [-0.2, -0.15) is 0 Å². The number of aliphatic hydroxyl groups is 1. The minimum atomic E-state index is -1.21. The number of primary amides is 1. The number of aliphatic hydroxyl groups excluding tert-OH is 1. The van der Waals surface area contributed by atoms with Gasteiger partial charge in [0.15, 0.2) is 0 Å². The molecule has 3 amide bonds. The summed E-state index contributed by atoms with van der Waals surface area (Å²) < 4.78 is 0. The van der Waals surface area contributed by atoms with Crippen LogP contribution >= 0.6 is 0 Å². The Morgan fingerprint density at radius 2 is 2.11 bits per heavy atom. The molecule has 0 aliphatic carbocycles. The van der Waals surface area contributed by atoms with Gasteiger partial charge in [0.05, 0.1) is 5.92 Å². The highest BCUT2D eigenvalue weighted by atomic mass is 16.4. The number of nitrogens with one attached hydrogen (secondary N) is 1. The number of hydrogen-bond donors (Lipinski definition) is 4. The normalized spacial score (nSPS) is 20.5. The van der Waals surface area contributed by atoms with Crippen molar-refractivity contribution in [3.05, 3.63) is 0 Å². The van der Waals surface area contributed by atoms with E-state index in [-0.39, 0.29) is 25.5 Å². The van der Waals surface area contributed by atoms with Crippen LogP contribution in [0.15, 0.2) is 0 Å². The Morgan fingerprint density at radius 3 is 2.56 bits per heavy atom. The fourth-order valence-corrected chi connectivity index (χ4v) is 1.80. The lowest BCUT2D eigenvalue weighted by molar-refractivity contribution is -0.139. The van der Waals surface area contributed by atoms with E-state index in [0.29, 0.717) is 13.0 Å². The molecular weight excluding hydrogens is 242 g/mol. The Labute approximate surface area is 104 Å². The van der Waals surface area contributed by atoms with Crippen LogP contribution in [0.2, 0.25) is 0 Å². The molecule has 1 aliphatic heterocycles. The van der Waals surface area contributed by atoms with Gasteiger partial charge in [-0.1, -0.05) is 0 Å². The first-order chi connectivity index (χ1) is 8.45. The van der Waals surface area contributed by atoms with Crippen molar-refractivity contribution in [3.8, 4) is 0 Å². The molecule has 0 saturated carbocycles. The van der Waals surface area contributed by atoms with Crippen molar-refractivity contribution in [1.29, 1.82) is 0 Å². The zero-order chi connectivity index (χ0) is 13.7. The van der Waals surface area contributed by atoms with E-state index in [4.69, 9.17) is 15.9 Å². The molecule has 2 atom stereocenters. The molecule has 1 rings (SSSR count). The lowest BCUT2D eigenvalue weighted by atomic mass is 10.1. The smallest absolute Gasteiger partial charge is 0.326 e. The highest BCUT2D eigenvalue weighted by molar-refractivity contribution is 5.84. The average molecular weight is 259 g/mol. The topological polar surface area (TPSA) is 133 Å². The van der Waals surface area contributed by atoms with Gasteiger partial charge in [-0.05, 0) is 6.42 Å². The Bertz CT molecular complexity index is 346. The molecule has 1 heterocycles. The molecule has 0 aromatic heterocycles. The van der Waals surface area contributed by atoms with E-state index in [1.54, 1.807) is 0 Å². The predicted octanol–water partition coefficient (Wildman–Crippen LogP) is -1.66. The third-order valence-corrected chi connectivity index (χ3v) is 2.89. The van der Waals surface area contributed by atoms with Gasteiger partial charge < -0.3 is 26.2 Å². The van der Waals surface area contributed by atoms with Crippen molar-refractivity contribution in [3.63, 3.8) is 0 Å². The first-order valence-corrected chi connectivity index (χ1v) is 5.64. The van der Waals surface area contributed by atoms with Gasteiger partial charge in [0.1, 0.15) is 6.04 Å². The Hall–Kier alpha value is -1.83. The van der Waals surface area contributed by atoms with Gasteiger partial charge in [0, 0.05) is 26.1 Å². The summed E-state index contributed by atoms with van der Waals surface area (Å²) in [7, 11) is 0.